The zero-order valence-electron chi connectivity index (χ0n) is 44.6. The lowest BCUT2D eigenvalue weighted by Gasteiger charge is -2.22. The van der Waals surface area contributed by atoms with Crippen LogP contribution in [-0.2, 0) is 5.41 Å². The standard InChI is InChI=1S/C79H53N/c1-79(2)75-22-12-11-21-69(75)70-42-41-62(49-76(70)79)80-77-43-39-58(54-27-23-50(24-28-54)52-31-35-56(36-32-52)71-47-60-13-3-5-15-63(60)65-17-7-9-19-67(65)71)45-73(77)74-46-59(40-44-78(74)80)55-29-25-51(26-30-55)53-33-37-57(38-34-53)72-48-61-14-4-6-16-64(61)66-18-8-10-20-68(66)72/h3-49H,1-2H3. The third-order valence-corrected chi connectivity index (χ3v) is 17.6. The van der Waals surface area contributed by atoms with Gasteiger partial charge in [-0.15, -0.1) is 0 Å². The Kier molecular flexibility index (Phi) is 10.4. The van der Waals surface area contributed by atoms with Crippen molar-refractivity contribution in [2.24, 2.45) is 0 Å². The van der Waals surface area contributed by atoms with Gasteiger partial charge >= 0.3 is 0 Å². The Morgan fingerprint density at radius 1 is 0.225 bits per heavy atom. The van der Waals surface area contributed by atoms with Gasteiger partial charge in [-0.1, -0.05) is 250 Å². The summed E-state index contributed by atoms with van der Waals surface area (Å²) in [6.07, 6.45) is 0. The van der Waals surface area contributed by atoms with Crippen LogP contribution < -0.4 is 0 Å². The van der Waals surface area contributed by atoms with E-state index in [-0.39, 0.29) is 5.41 Å². The highest BCUT2D eigenvalue weighted by Gasteiger charge is 2.35. The lowest BCUT2D eigenvalue weighted by atomic mass is 9.82. The second-order valence-corrected chi connectivity index (χ2v) is 22.4. The predicted octanol–water partition coefficient (Wildman–Crippen LogP) is 21.7. The number of hydrogen-bond donors (Lipinski definition) is 0. The summed E-state index contributed by atoms with van der Waals surface area (Å²) in [6.45, 7) is 4.74. The summed E-state index contributed by atoms with van der Waals surface area (Å²) in [5.41, 5.74) is 23.4. The molecule has 14 aromatic carbocycles. The minimum Gasteiger partial charge on any atom is -0.309 e. The molecule has 80 heavy (non-hydrogen) atoms. The molecule has 0 radical (unpaired) electrons. The van der Waals surface area contributed by atoms with Crippen molar-refractivity contribution in [3.63, 3.8) is 0 Å². The molecule has 1 aromatic heterocycles. The smallest absolute Gasteiger partial charge is 0.0541 e. The van der Waals surface area contributed by atoms with E-state index in [1.807, 2.05) is 0 Å². The third kappa shape index (κ3) is 7.31. The Labute approximate surface area is 465 Å². The van der Waals surface area contributed by atoms with Crippen molar-refractivity contribution in [1.29, 1.82) is 0 Å². The number of aromatic nitrogens is 1. The van der Waals surface area contributed by atoms with E-state index >= 15 is 0 Å². The Hall–Kier alpha value is -10.1. The molecule has 0 fully saturated rings. The van der Waals surface area contributed by atoms with Crippen molar-refractivity contribution in [1.82, 2.24) is 4.57 Å². The van der Waals surface area contributed by atoms with Gasteiger partial charge in [0.05, 0.1) is 11.0 Å². The fraction of sp³-hybridized carbons (Fsp3) is 0.0380. The second kappa shape index (κ2) is 18.0. The molecule has 0 spiro atoms. The molecular formula is C79H53N. The molecule has 1 heteroatoms. The van der Waals surface area contributed by atoms with Crippen LogP contribution in [0, 0.1) is 0 Å². The van der Waals surface area contributed by atoms with E-state index in [9.17, 15) is 0 Å². The molecule has 374 valence electrons. The molecule has 0 N–H and O–H groups in total. The summed E-state index contributed by atoms with van der Waals surface area (Å²) in [7, 11) is 0. The number of rotatable bonds is 7. The molecule has 0 saturated carbocycles. The van der Waals surface area contributed by atoms with E-state index in [1.165, 1.54) is 160 Å². The van der Waals surface area contributed by atoms with Gasteiger partial charge in [-0.3, -0.25) is 0 Å². The van der Waals surface area contributed by atoms with Crippen LogP contribution in [0.1, 0.15) is 25.0 Å². The molecule has 0 aliphatic heterocycles. The Bertz CT molecular complexity index is 4710. The van der Waals surface area contributed by atoms with Crippen LogP contribution in [0.2, 0.25) is 0 Å². The number of fused-ring (bicyclic) bond motifs is 12. The molecule has 16 rings (SSSR count). The van der Waals surface area contributed by atoms with Gasteiger partial charge < -0.3 is 4.57 Å². The fourth-order valence-corrected chi connectivity index (χ4v) is 13.5. The summed E-state index contributed by atoms with van der Waals surface area (Å²) < 4.78 is 2.48. The van der Waals surface area contributed by atoms with Crippen molar-refractivity contribution >= 4 is 64.9 Å². The van der Waals surface area contributed by atoms with Gasteiger partial charge in [0, 0.05) is 21.9 Å². The quantitative estimate of drug-likeness (QED) is 0.140. The maximum Gasteiger partial charge on any atom is 0.0541 e. The average molecular weight is 1020 g/mol. The van der Waals surface area contributed by atoms with Crippen LogP contribution in [0.5, 0.6) is 0 Å². The van der Waals surface area contributed by atoms with Gasteiger partial charge in [0.2, 0.25) is 0 Å². The maximum atomic E-state index is 2.48. The molecule has 0 saturated heterocycles. The molecule has 1 nitrogen and oxygen atoms in total. The van der Waals surface area contributed by atoms with E-state index in [4.69, 9.17) is 0 Å². The van der Waals surface area contributed by atoms with Crippen LogP contribution in [0.15, 0.2) is 285 Å². The zero-order chi connectivity index (χ0) is 53.1. The molecular weight excluding hydrogens is 963 g/mol. The van der Waals surface area contributed by atoms with Crippen molar-refractivity contribution < 1.29 is 0 Å². The number of hydrogen-bond acceptors (Lipinski definition) is 0. The number of nitrogens with zero attached hydrogens (tertiary/aromatic N) is 1. The average Bonchev–Trinajstić information content (AvgIpc) is 4.05. The highest BCUT2D eigenvalue weighted by molar-refractivity contribution is 6.16. The van der Waals surface area contributed by atoms with E-state index in [2.05, 4.69) is 304 Å². The molecule has 1 aliphatic carbocycles. The molecule has 0 amide bonds. The first-order valence-corrected chi connectivity index (χ1v) is 28.0. The van der Waals surface area contributed by atoms with Crippen LogP contribution >= 0.6 is 0 Å². The molecule has 1 heterocycles. The van der Waals surface area contributed by atoms with Crippen molar-refractivity contribution in [2.45, 2.75) is 19.3 Å². The van der Waals surface area contributed by atoms with Gasteiger partial charge in [0.25, 0.3) is 0 Å². The van der Waals surface area contributed by atoms with Gasteiger partial charge in [-0.05, 0) is 181 Å². The summed E-state index contributed by atoms with van der Waals surface area (Å²) in [4.78, 5) is 0. The SMILES string of the molecule is CC1(C)c2ccccc2-c2ccc(-n3c4ccc(-c5ccc(-c6ccc(-c7cc8ccccc8c8ccccc78)cc6)cc5)cc4c4cc(-c5ccc(-c6ccc(-c7cc8ccccc8c8ccccc78)cc6)cc5)ccc43)cc21. The van der Waals surface area contributed by atoms with E-state index in [1.54, 1.807) is 0 Å². The monoisotopic (exact) mass is 1020 g/mol. The minimum atomic E-state index is -0.109. The van der Waals surface area contributed by atoms with Gasteiger partial charge in [0.15, 0.2) is 0 Å². The summed E-state index contributed by atoms with van der Waals surface area (Å²) in [6, 6.07) is 106. The van der Waals surface area contributed by atoms with Crippen LogP contribution in [0.25, 0.3) is 148 Å². The first-order chi connectivity index (χ1) is 39.4. The van der Waals surface area contributed by atoms with Crippen LogP contribution in [0.4, 0.5) is 0 Å². The summed E-state index contributed by atoms with van der Waals surface area (Å²) in [5.74, 6) is 0. The summed E-state index contributed by atoms with van der Waals surface area (Å²) >= 11 is 0. The maximum absolute atomic E-state index is 2.48. The highest BCUT2D eigenvalue weighted by Crippen LogP contribution is 2.50. The Morgan fingerprint density at radius 3 is 1.04 bits per heavy atom. The number of benzene rings is 14. The Balaban J connectivity index is 0.748. The largest absolute Gasteiger partial charge is 0.309 e. The lowest BCUT2D eigenvalue weighted by Crippen LogP contribution is -2.15. The molecule has 15 aromatic rings. The van der Waals surface area contributed by atoms with E-state index in [0.29, 0.717) is 0 Å². The molecule has 0 bridgehead atoms. The molecule has 0 unspecified atom stereocenters. The second-order valence-electron chi connectivity index (χ2n) is 22.4. The first kappa shape index (κ1) is 46.1. The van der Waals surface area contributed by atoms with E-state index < -0.39 is 0 Å². The third-order valence-electron chi connectivity index (χ3n) is 17.6. The van der Waals surface area contributed by atoms with Crippen molar-refractivity contribution in [3.8, 4) is 83.6 Å². The fourth-order valence-electron chi connectivity index (χ4n) is 13.5. The van der Waals surface area contributed by atoms with Crippen molar-refractivity contribution in [3.05, 3.63) is 296 Å². The Morgan fingerprint density at radius 2 is 0.575 bits per heavy atom. The first-order valence-electron chi connectivity index (χ1n) is 28.0. The predicted molar refractivity (Wildman–Crippen MR) is 341 cm³/mol. The molecule has 0 atom stereocenters. The highest BCUT2D eigenvalue weighted by atomic mass is 15.0. The normalized spacial score (nSPS) is 12.7. The topological polar surface area (TPSA) is 4.93 Å². The van der Waals surface area contributed by atoms with Gasteiger partial charge in [-0.2, -0.15) is 0 Å². The molecule has 1 aliphatic rings. The van der Waals surface area contributed by atoms with Crippen molar-refractivity contribution in [2.75, 3.05) is 0 Å². The van der Waals surface area contributed by atoms with Crippen LogP contribution in [-0.4, -0.2) is 4.57 Å². The minimum absolute atomic E-state index is 0.109. The van der Waals surface area contributed by atoms with Gasteiger partial charge in [0.1, 0.15) is 0 Å². The lowest BCUT2D eigenvalue weighted by molar-refractivity contribution is 0.660. The zero-order valence-corrected chi connectivity index (χ0v) is 44.6. The summed E-state index contributed by atoms with van der Waals surface area (Å²) in [5, 5.41) is 12.7. The van der Waals surface area contributed by atoms with E-state index in [0.717, 1.165) is 0 Å². The van der Waals surface area contributed by atoms with Gasteiger partial charge in [-0.25, -0.2) is 0 Å². The van der Waals surface area contributed by atoms with Crippen LogP contribution in [0.3, 0.4) is 0 Å².